The molecule has 0 heterocycles. The van der Waals surface area contributed by atoms with Gasteiger partial charge in [-0.05, 0) is 43.2 Å². The topological polar surface area (TPSA) is 110 Å². The summed E-state index contributed by atoms with van der Waals surface area (Å²) < 4.78 is 32.0. The third kappa shape index (κ3) is 5.68. The molecule has 0 spiro atoms. The fourth-order valence-electron chi connectivity index (χ4n) is 2.18. The van der Waals surface area contributed by atoms with Gasteiger partial charge in [-0.25, -0.2) is 17.9 Å². The van der Waals surface area contributed by atoms with Gasteiger partial charge < -0.3 is 9.84 Å². The van der Waals surface area contributed by atoms with Gasteiger partial charge in [0, 0.05) is 12.1 Å². The van der Waals surface area contributed by atoms with Gasteiger partial charge >= 0.3 is 5.97 Å². The first kappa shape index (κ1) is 19.6. The van der Waals surface area contributed by atoms with Gasteiger partial charge in [0.1, 0.15) is 5.75 Å². The van der Waals surface area contributed by atoms with Crippen molar-refractivity contribution in [1.29, 1.82) is 0 Å². The number of ether oxygens (including phenoxy) is 1. The van der Waals surface area contributed by atoms with E-state index in [4.69, 9.17) is 9.84 Å². The maximum absolute atomic E-state index is 12.2. The van der Waals surface area contributed by atoms with Crippen molar-refractivity contribution < 1.29 is 27.9 Å². The number of Topliss-reactive ketones (excluding diaryl/α,β-unsaturated/α-hetero) is 1. The van der Waals surface area contributed by atoms with Crippen LogP contribution in [0.2, 0.25) is 0 Å². The summed E-state index contributed by atoms with van der Waals surface area (Å²) in [5.41, 5.74) is 1.33. The monoisotopic (exact) mass is 377 g/mol. The highest BCUT2D eigenvalue weighted by Crippen LogP contribution is 2.13. The van der Waals surface area contributed by atoms with E-state index in [2.05, 4.69) is 4.72 Å². The SMILES string of the molecule is CC(=O)c1ccc(S(=O)(=O)NCCc2ccc(OCC(=O)O)cc2)cc1. The summed E-state index contributed by atoms with van der Waals surface area (Å²) in [5.74, 6) is -0.750. The van der Waals surface area contributed by atoms with Crippen molar-refractivity contribution in [3.8, 4) is 5.75 Å². The number of carbonyl (C=O) groups is 2. The molecule has 2 rings (SSSR count). The van der Waals surface area contributed by atoms with Crippen molar-refractivity contribution in [1.82, 2.24) is 4.72 Å². The molecule has 8 heteroatoms. The number of hydrogen-bond donors (Lipinski definition) is 2. The molecule has 0 bridgehead atoms. The summed E-state index contributed by atoms with van der Waals surface area (Å²) in [6.45, 7) is 1.20. The number of rotatable bonds is 9. The number of hydrogen-bond acceptors (Lipinski definition) is 5. The molecular formula is C18H19NO6S. The number of carboxylic acid groups (broad SMARTS) is 1. The Hall–Kier alpha value is -2.71. The van der Waals surface area contributed by atoms with Gasteiger partial charge in [-0.2, -0.15) is 0 Å². The van der Waals surface area contributed by atoms with Crippen LogP contribution < -0.4 is 9.46 Å². The lowest BCUT2D eigenvalue weighted by atomic mass is 10.1. The quantitative estimate of drug-likeness (QED) is 0.646. The normalized spacial score (nSPS) is 11.1. The number of nitrogens with one attached hydrogen (secondary N) is 1. The summed E-state index contributed by atoms with van der Waals surface area (Å²) in [6, 6.07) is 12.5. The molecule has 0 aromatic heterocycles. The zero-order valence-electron chi connectivity index (χ0n) is 14.1. The molecule has 0 fully saturated rings. The van der Waals surface area contributed by atoms with Crippen LogP contribution in [0.3, 0.4) is 0 Å². The highest BCUT2D eigenvalue weighted by molar-refractivity contribution is 7.89. The zero-order valence-corrected chi connectivity index (χ0v) is 15.0. The Bertz CT molecular complexity index is 873. The van der Waals surface area contributed by atoms with Crippen LogP contribution in [0.4, 0.5) is 0 Å². The maximum Gasteiger partial charge on any atom is 0.341 e. The fourth-order valence-corrected chi connectivity index (χ4v) is 3.21. The molecular weight excluding hydrogens is 358 g/mol. The van der Waals surface area contributed by atoms with Crippen molar-refractivity contribution >= 4 is 21.8 Å². The maximum atomic E-state index is 12.2. The Labute approximate surface area is 151 Å². The first-order chi connectivity index (χ1) is 12.3. The Kier molecular flexibility index (Phi) is 6.48. The van der Waals surface area contributed by atoms with Crippen molar-refractivity contribution in [2.75, 3.05) is 13.2 Å². The lowest BCUT2D eigenvalue weighted by Crippen LogP contribution is -2.26. The van der Waals surface area contributed by atoms with E-state index in [1.165, 1.54) is 31.2 Å². The summed E-state index contributed by atoms with van der Waals surface area (Å²) >= 11 is 0. The van der Waals surface area contributed by atoms with E-state index in [0.29, 0.717) is 17.7 Å². The van der Waals surface area contributed by atoms with E-state index in [1.54, 1.807) is 24.3 Å². The predicted molar refractivity (Wildman–Crippen MR) is 94.9 cm³/mol. The molecule has 2 N–H and O–H groups in total. The average molecular weight is 377 g/mol. The number of benzene rings is 2. The molecule has 0 saturated carbocycles. The molecule has 0 unspecified atom stereocenters. The molecule has 138 valence electrons. The smallest absolute Gasteiger partial charge is 0.341 e. The highest BCUT2D eigenvalue weighted by atomic mass is 32.2. The van der Waals surface area contributed by atoms with Gasteiger partial charge in [-0.1, -0.05) is 24.3 Å². The van der Waals surface area contributed by atoms with Crippen LogP contribution in [-0.2, 0) is 21.2 Å². The number of aliphatic carboxylic acids is 1. The summed E-state index contributed by atoms with van der Waals surface area (Å²) in [7, 11) is -3.65. The van der Waals surface area contributed by atoms with Crippen LogP contribution in [-0.4, -0.2) is 38.4 Å². The van der Waals surface area contributed by atoms with E-state index in [1.807, 2.05) is 0 Å². The molecule has 0 aliphatic carbocycles. The van der Waals surface area contributed by atoms with Gasteiger partial charge in [0.25, 0.3) is 0 Å². The van der Waals surface area contributed by atoms with E-state index >= 15 is 0 Å². The van der Waals surface area contributed by atoms with E-state index < -0.39 is 22.6 Å². The van der Waals surface area contributed by atoms with Crippen LogP contribution in [0.25, 0.3) is 0 Å². The van der Waals surface area contributed by atoms with Crippen molar-refractivity contribution in [3.05, 3.63) is 59.7 Å². The lowest BCUT2D eigenvalue weighted by molar-refractivity contribution is -0.139. The second kappa shape index (κ2) is 8.59. The number of carboxylic acids is 1. The van der Waals surface area contributed by atoms with Gasteiger partial charge in [0.2, 0.25) is 10.0 Å². The summed E-state index contributed by atoms with van der Waals surface area (Å²) in [6.07, 6.45) is 0.462. The Morgan fingerprint density at radius 1 is 1.04 bits per heavy atom. The van der Waals surface area contributed by atoms with Crippen molar-refractivity contribution in [3.63, 3.8) is 0 Å². The van der Waals surface area contributed by atoms with E-state index in [9.17, 15) is 18.0 Å². The Balaban J connectivity index is 1.89. The largest absolute Gasteiger partial charge is 0.482 e. The number of sulfonamides is 1. The molecule has 0 saturated heterocycles. The van der Waals surface area contributed by atoms with Crippen LogP contribution in [0.5, 0.6) is 5.75 Å². The fraction of sp³-hybridized carbons (Fsp3) is 0.222. The van der Waals surface area contributed by atoms with Crippen LogP contribution >= 0.6 is 0 Å². The molecule has 2 aromatic rings. The summed E-state index contributed by atoms with van der Waals surface area (Å²) in [4.78, 5) is 21.8. The van der Waals surface area contributed by atoms with Gasteiger partial charge in [-0.3, -0.25) is 4.79 Å². The number of ketones is 1. The second-order valence-electron chi connectivity index (χ2n) is 5.55. The molecule has 2 aromatic carbocycles. The Morgan fingerprint density at radius 3 is 2.19 bits per heavy atom. The standard InChI is InChI=1S/C18H19NO6S/c1-13(20)15-4-8-17(9-5-15)26(23,24)19-11-10-14-2-6-16(7-3-14)25-12-18(21)22/h2-9,19H,10-12H2,1H3,(H,21,22). The van der Waals surface area contributed by atoms with Gasteiger partial charge in [0.15, 0.2) is 12.4 Å². The van der Waals surface area contributed by atoms with E-state index in [0.717, 1.165) is 5.56 Å². The minimum atomic E-state index is -3.65. The van der Waals surface area contributed by atoms with Crippen molar-refractivity contribution in [2.45, 2.75) is 18.2 Å². The average Bonchev–Trinajstić information content (AvgIpc) is 2.61. The van der Waals surface area contributed by atoms with Crippen molar-refractivity contribution in [2.24, 2.45) is 0 Å². The molecule has 0 atom stereocenters. The minimum Gasteiger partial charge on any atom is -0.482 e. The van der Waals surface area contributed by atoms with Crippen LogP contribution in [0, 0.1) is 0 Å². The predicted octanol–water partition coefficient (Wildman–Crippen LogP) is 1.87. The Morgan fingerprint density at radius 2 is 1.65 bits per heavy atom. The highest BCUT2D eigenvalue weighted by Gasteiger charge is 2.13. The molecule has 0 aliphatic heterocycles. The molecule has 26 heavy (non-hydrogen) atoms. The first-order valence-corrected chi connectivity index (χ1v) is 9.30. The third-order valence-electron chi connectivity index (χ3n) is 3.56. The summed E-state index contributed by atoms with van der Waals surface area (Å²) in [5, 5.41) is 8.55. The van der Waals surface area contributed by atoms with Crippen LogP contribution in [0.15, 0.2) is 53.4 Å². The van der Waals surface area contributed by atoms with Gasteiger partial charge in [-0.15, -0.1) is 0 Å². The van der Waals surface area contributed by atoms with Gasteiger partial charge in [0.05, 0.1) is 4.90 Å². The molecule has 7 nitrogen and oxygen atoms in total. The van der Waals surface area contributed by atoms with Crippen LogP contribution in [0.1, 0.15) is 22.8 Å². The molecule has 0 aliphatic rings. The molecule has 0 amide bonds. The first-order valence-electron chi connectivity index (χ1n) is 7.82. The lowest BCUT2D eigenvalue weighted by Gasteiger charge is -2.08. The second-order valence-corrected chi connectivity index (χ2v) is 7.32. The third-order valence-corrected chi connectivity index (χ3v) is 5.04. The zero-order chi connectivity index (χ0) is 19.2. The van der Waals surface area contributed by atoms with E-state index in [-0.39, 0.29) is 17.2 Å². The number of carbonyl (C=O) groups excluding carboxylic acids is 1. The molecule has 0 radical (unpaired) electrons. The minimum absolute atomic E-state index is 0.0971.